The molecule has 5 nitrogen and oxygen atoms in total. The molecule has 1 N–H and O–H groups in total. The fourth-order valence-electron chi connectivity index (χ4n) is 2.45. The van der Waals surface area contributed by atoms with Crippen molar-refractivity contribution in [3.8, 4) is 0 Å². The standard InChI is InChI=1S/C18H18F3NO4/c1-2-14-13(17(24)25)10-15(26-14)16(23)22(9-8-18(19,20)21)11-12-6-4-3-5-7-12/h3-7,10H,2,8-9,11H2,1H3,(H,24,25). The third-order valence-corrected chi connectivity index (χ3v) is 3.74. The maximum absolute atomic E-state index is 12.6. The van der Waals surface area contributed by atoms with Gasteiger partial charge in [0.2, 0.25) is 0 Å². The number of aromatic carboxylic acids is 1. The number of hydrogen-bond acceptors (Lipinski definition) is 3. The van der Waals surface area contributed by atoms with Crippen molar-refractivity contribution in [3.05, 3.63) is 59.0 Å². The number of aryl methyl sites for hydroxylation is 1. The van der Waals surface area contributed by atoms with E-state index in [1.54, 1.807) is 37.3 Å². The zero-order valence-electron chi connectivity index (χ0n) is 14.0. The highest BCUT2D eigenvalue weighted by molar-refractivity contribution is 5.96. The lowest BCUT2D eigenvalue weighted by molar-refractivity contribution is -0.136. The van der Waals surface area contributed by atoms with E-state index in [1.165, 1.54) is 0 Å². The minimum Gasteiger partial charge on any atom is -0.478 e. The largest absolute Gasteiger partial charge is 0.478 e. The van der Waals surface area contributed by atoms with Crippen LogP contribution in [0, 0.1) is 0 Å². The topological polar surface area (TPSA) is 70.8 Å². The fraction of sp³-hybridized carbons (Fsp3) is 0.333. The van der Waals surface area contributed by atoms with Gasteiger partial charge in [0, 0.05) is 25.6 Å². The first kappa shape index (κ1) is 19.6. The van der Waals surface area contributed by atoms with E-state index >= 15 is 0 Å². The summed E-state index contributed by atoms with van der Waals surface area (Å²) < 4.78 is 43.1. The molecule has 1 amide bonds. The summed E-state index contributed by atoms with van der Waals surface area (Å²) in [5.74, 6) is -2.21. The van der Waals surface area contributed by atoms with E-state index in [1.807, 2.05) is 0 Å². The predicted octanol–water partition coefficient (Wildman–Crippen LogP) is 4.14. The summed E-state index contributed by atoms with van der Waals surface area (Å²) >= 11 is 0. The molecular weight excluding hydrogens is 351 g/mol. The van der Waals surface area contributed by atoms with Crippen molar-refractivity contribution in [3.63, 3.8) is 0 Å². The second-order valence-corrected chi connectivity index (χ2v) is 5.68. The third-order valence-electron chi connectivity index (χ3n) is 3.74. The lowest BCUT2D eigenvalue weighted by Crippen LogP contribution is -2.33. The molecule has 140 valence electrons. The average Bonchev–Trinajstić information content (AvgIpc) is 3.03. The van der Waals surface area contributed by atoms with Crippen molar-refractivity contribution in [2.75, 3.05) is 6.54 Å². The van der Waals surface area contributed by atoms with E-state index in [9.17, 15) is 22.8 Å². The molecule has 0 saturated heterocycles. The van der Waals surface area contributed by atoms with E-state index < -0.39 is 31.0 Å². The number of nitrogens with zero attached hydrogens (tertiary/aromatic N) is 1. The zero-order chi connectivity index (χ0) is 19.3. The Hall–Kier alpha value is -2.77. The van der Waals surface area contributed by atoms with Gasteiger partial charge in [0.15, 0.2) is 5.76 Å². The van der Waals surface area contributed by atoms with E-state index in [-0.39, 0.29) is 30.0 Å². The second-order valence-electron chi connectivity index (χ2n) is 5.68. The Morgan fingerprint density at radius 2 is 1.85 bits per heavy atom. The smallest absolute Gasteiger partial charge is 0.390 e. The van der Waals surface area contributed by atoms with Gasteiger partial charge in [0.05, 0.1) is 6.42 Å². The Labute approximate surface area is 148 Å². The van der Waals surface area contributed by atoms with Gasteiger partial charge in [-0.1, -0.05) is 37.3 Å². The summed E-state index contributed by atoms with van der Waals surface area (Å²) in [5, 5.41) is 9.14. The van der Waals surface area contributed by atoms with Crippen molar-refractivity contribution in [2.45, 2.75) is 32.5 Å². The van der Waals surface area contributed by atoms with Gasteiger partial charge in [-0.2, -0.15) is 13.2 Å². The maximum Gasteiger partial charge on any atom is 0.390 e. The summed E-state index contributed by atoms with van der Waals surface area (Å²) in [4.78, 5) is 24.8. The number of carboxylic acids is 1. The molecule has 0 bridgehead atoms. The van der Waals surface area contributed by atoms with Gasteiger partial charge in [0.25, 0.3) is 5.91 Å². The first-order valence-electron chi connectivity index (χ1n) is 7.97. The van der Waals surface area contributed by atoms with Crippen LogP contribution in [-0.2, 0) is 13.0 Å². The molecule has 26 heavy (non-hydrogen) atoms. The first-order valence-corrected chi connectivity index (χ1v) is 7.97. The van der Waals surface area contributed by atoms with E-state index in [2.05, 4.69) is 0 Å². The number of alkyl halides is 3. The van der Waals surface area contributed by atoms with Gasteiger partial charge >= 0.3 is 12.1 Å². The van der Waals surface area contributed by atoms with Crippen molar-refractivity contribution < 1.29 is 32.3 Å². The van der Waals surface area contributed by atoms with Crippen molar-refractivity contribution in [2.24, 2.45) is 0 Å². The molecule has 0 saturated carbocycles. The summed E-state index contributed by atoms with van der Waals surface area (Å²) in [6, 6.07) is 9.63. The molecule has 1 aromatic carbocycles. The summed E-state index contributed by atoms with van der Waals surface area (Å²) in [6.07, 6.45) is -5.34. The number of hydrogen-bond donors (Lipinski definition) is 1. The van der Waals surface area contributed by atoms with Gasteiger partial charge in [-0.05, 0) is 5.56 Å². The van der Waals surface area contributed by atoms with Crippen molar-refractivity contribution >= 4 is 11.9 Å². The van der Waals surface area contributed by atoms with E-state index in [0.29, 0.717) is 5.56 Å². The highest BCUT2D eigenvalue weighted by Gasteiger charge is 2.31. The Morgan fingerprint density at radius 1 is 1.19 bits per heavy atom. The van der Waals surface area contributed by atoms with Crippen LogP contribution in [0.4, 0.5) is 13.2 Å². The molecule has 0 unspecified atom stereocenters. The molecular formula is C18H18F3NO4. The summed E-state index contributed by atoms with van der Waals surface area (Å²) in [7, 11) is 0. The van der Waals surface area contributed by atoms with E-state index in [4.69, 9.17) is 9.52 Å². The van der Waals surface area contributed by atoms with Crippen LogP contribution in [0.15, 0.2) is 40.8 Å². The molecule has 0 aliphatic heterocycles. The van der Waals surface area contributed by atoms with Crippen LogP contribution in [-0.4, -0.2) is 34.6 Å². The number of carbonyl (C=O) groups excluding carboxylic acids is 1. The van der Waals surface area contributed by atoms with Crippen molar-refractivity contribution in [1.29, 1.82) is 0 Å². The van der Waals surface area contributed by atoms with Gasteiger partial charge in [-0.25, -0.2) is 4.79 Å². The number of amides is 1. The molecule has 0 fully saturated rings. The van der Waals surface area contributed by atoms with Crippen LogP contribution in [0.5, 0.6) is 0 Å². The van der Waals surface area contributed by atoms with Crippen LogP contribution in [0.3, 0.4) is 0 Å². The maximum atomic E-state index is 12.6. The Bertz CT molecular complexity index is 768. The second kappa shape index (κ2) is 8.07. The van der Waals surface area contributed by atoms with Crippen LogP contribution in [0.2, 0.25) is 0 Å². The molecule has 0 atom stereocenters. The SMILES string of the molecule is CCc1oc(C(=O)N(CCC(F)(F)F)Cc2ccccc2)cc1C(=O)O. The number of halogens is 3. The predicted molar refractivity (Wildman–Crippen MR) is 86.9 cm³/mol. The van der Waals surface area contributed by atoms with Crippen LogP contribution in [0.25, 0.3) is 0 Å². The van der Waals surface area contributed by atoms with Gasteiger partial charge in [-0.15, -0.1) is 0 Å². The van der Waals surface area contributed by atoms with Crippen LogP contribution >= 0.6 is 0 Å². The summed E-state index contributed by atoms with van der Waals surface area (Å²) in [5.41, 5.74) is 0.495. The fourth-order valence-corrected chi connectivity index (χ4v) is 2.45. The lowest BCUT2D eigenvalue weighted by Gasteiger charge is -2.22. The molecule has 1 heterocycles. The molecule has 0 radical (unpaired) electrons. The Kier molecular flexibility index (Phi) is 6.07. The van der Waals surface area contributed by atoms with Gasteiger partial charge in [-0.3, -0.25) is 4.79 Å². The average molecular weight is 369 g/mol. The minimum absolute atomic E-state index is 0.0414. The van der Waals surface area contributed by atoms with Crippen LogP contribution < -0.4 is 0 Å². The summed E-state index contributed by atoms with van der Waals surface area (Å²) in [6.45, 7) is 1.06. The minimum atomic E-state index is -4.42. The quantitative estimate of drug-likeness (QED) is 0.796. The number of carboxylic acid groups (broad SMARTS) is 1. The highest BCUT2D eigenvalue weighted by Crippen LogP contribution is 2.23. The highest BCUT2D eigenvalue weighted by atomic mass is 19.4. The zero-order valence-corrected chi connectivity index (χ0v) is 14.0. The molecule has 8 heteroatoms. The number of rotatable bonds is 7. The number of benzene rings is 1. The van der Waals surface area contributed by atoms with Gasteiger partial charge in [0.1, 0.15) is 11.3 Å². The molecule has 0 aliphatic carbocycles. The molecule has 0 aliphatic rings. The molecule has 0 spiro atoms. The third kappa shape index (κ3) is 5.11. The Balaban J connectivity index is 2.28. The Morgan fingerprint density at radius 3 is 2.35 bits per heavy atom. The van der Waals surface area contributed by atoms with Crippen molar-refractivity contribution in [1.82, 2.24) is 4.90 Å². The number of furan rings is 1. The first-order chi connectivity index (χ1) is 12.2. The molecule has 2 rings (SSSR count). The van der Waals surface area contributed by atoms with E-state index in [0.717, 1.165) is 11.0 Å². The number of carbonyl (C=O) groups is 2. The molecule has 1 aromatic heterocycles. The molecule has 2 aromatic rings. The monoisotopic (exact) mass is 369 g/mol. The normalized spacial score (nSPS) is 11.4. The van der Waals surface area contributed by atoms with Crippen LogP contribution in [0.1, 0.15) is 45.6 Å². The lowest BCUT2D eigenvalue weighted by atomic mass is 10.2. The van der Waals surface area contributed by atoms with Gasteiger partial charge < -0.3 is 14.4 Å².